The second-order valence-corrected chi connectivity index (χ2v) is 3.21. The standard InChI is InChI=1S/C11H8F2N2O2/c12-11(13)17-10-7(6-16)2-1-3-9(10)8-4-14-15-5-8/h1-6,11H,(H,14,15). The van der Waals surface area contributed by atoms with Gasteiger partial charge in [0.25, 0.3) is 0 Å². The Kier molecular flexibility index (Phi) is 3.13. The molecule has 2 rings (SSSR count). The van der Waals surface area contributed by atoms with Gasteiger partial charge in [-0.1, -0.05) is 12.1 Å². The Morgan fingerprint density at radius 3 is 2.82 bits per heavy atom. The molecule has 2 aromatic rings. The summed E-state index contributed by atoms with van der Waals surface area (Å²) in [5.74, 6) is -0.140. The third-order valence-electron chi connectivity index (χ3n) is 2.19. The number of ether oxygens (including phenoxy) is 1. The summed E-state index contributed by atoms with van der Waals surface area (Å²) in [7, 11) is 0. The number of H-pyrrole nitrogens is 1. The van der Waals surface area contributed by atoms with Crippen LogP contribution in [0.1, 0.15) is 10.4 Å². The number of nitrogens with one attached hydrogen (secondary N) is 1. The van der Waals surface area contributed by atoms with Crippen LogP contribution >= 0.6 is 0 Å². The number of hydrogen-bond acceptors (Lipinski definition) is 3. The molecule has 0 unspecified atom stereocenters. The van der Waals surface area contributed by atoms with Gasteiger partial charge in [-0.2, -0.15) is 13.9 Å². The zero-order valence-corrected chi connectivity index (χ0v) is 8.56. The van der Waals surface area contributed by atoms with Crippen molar-refractivity contribution in [3.63, 3.8) is 0 Å². The molecule has 6 heteroatoms. The monoisotopic (exact) mass is 238 g/mol. The van der Waals surface area contributed by atoms with Crippen molar-refractivity contribution in [3.8, 4) is 16.9 Å². The summed E-state index contributed by atoms with van der Waals surface area (Å²) >= 11 is 0. The third-order valence-corrected chi connectivity index (χ3v) is 2.19. The van der Waals surface area contributed by atoms with Crippen molar-refractivity contribution >= 4 is 6.29 Å². The van der Waals surface area contributed by atoms with Crippen molar-refractivity contribution in [2.75, 3.05) is 0 Å². The second-order valence-electron chi connectivity index (χ2n) is 3.21. The number of halogens is 2. The zero-order valence-electron chi connectivity index (χ0n) is 8.56. The molecule has 1 heterocycles. The van der Waals surface area contributed by atoms with Crippen LogP contribution in [0.3, 0.4) is 0 Å². The molecule has 1 aromatic heterocycles. The number of carbonyl (C=O) groups is 1. The Morgan fingerprint density at radius 1 is 1.41 bits per heavy atom. The largest absolute Gasteiger partial charge is 0.433 e. The molecule has 0 aliphatic rings. The number of rotatable bonds is 4. The SMILES string of the molecule is O=Cc1cccc(-c2cn[nH]c2)c1OC(F)F. The third kappa shape index (κ3) is 2.30. The highest BCUT2D eigenvalue weighted by Crippen LogP contribution is 2.33. The van der Waals surface area contributed by atoms with E-state index in [9.17, 15) is 13.6 Å². The van der Waals surface area contributed by atoms with Crippen LogP contribution in [-0.2, 0) is 0 Å². The van der Waals surface area contributed by atoms with Gasteiger partial charge in [-0.05, 0) is 6.07 Å². The second kappa shape index (κ2) is 4.73. The number of carbonyl (C=O) groups excluding carboxylic acids is 1. The average Bonchev–Trinajstić information content (AvgIpc) is 2.82. The summed E-state index contributed by atoms with van der Waals surface area (Å²) in [6.45, 7) is -2.98. The number of aldehydes is 1. The molecule has 0 atom stereocenters. The zero-order chi connectivity index (χ0) is 12.3. The van der Waals surface area contributed by atoms with Crippen molar-refractivity contribution in [1.29, 1.82) is 0 Å². The Bertz CT molecular complexity index is 512. The molecule has 0 saturated carbocycles. The van der Waals surface area contributed by atoms with Gasteiger partial charge in [0.05, 0.1) is 11.8 Å². The first-order valence-corrected chi connectivity index (χ1v) is 4.74. The van der Waals surface area contributed by atoms with Crippen molar-refractivity contribution < 1.29 is 18.3 Å². The van der Waals surface area contributed by atoms with Gasteiger partial charge in [-0.3, -0.25) is 9.89 Å². The molecule has 1 N–H and O–H groups in total. The van der Waals surface area contributed by atoms with Gasteiger partial charge >= 0.3 is 6.61 Å². The highest BCUT2D eigenvalue weighted by Gasteiger charge is 2.15. The fourth-order valence-corrected chi connectivity index (χ4v) is 1.49. The van der Waals surface area contributed by atoms with E-state index in [1.807, 2.05) is 0 Å². The van der Waals surface area contributed by atoms with Crippen molar-refractivity contribution in [2.45, 2.75) is 6.61 Å². The fourth-order valence-electron chi connectivity index (χ4n) is 1.49. The molecule has 0 spiro atoms. The number of para-hydroxylation sites is 1. The van der Waals surface area contributed by atoms with Gasteiger partial charge in [0.15, 0.2) is 6.29 Å². The van der Waals surface area contributed by atoms with Crippen LogP contribution in [0.2, 0.25) is 0 Å². The smallest absolute Gasteiger partial charge is 0.387 e. The molecular formula is C11H8F2N2O2. The van der Waals surface area contributed by atoms with E-state index in [0.717, 1.165) is 0 Å². The van der Waals surface area contributed by atoms with Gasteiger partial charge < -0.3 is 4.74 Å². The topological polar surface area (TPSA) is 55.0 Å². The summed E-state index contributed by atoms with van der Waals surface area (Å²) in [6, 6.07) is 4.58. The van der Waals surface area contributed by atoms with E-state index in [4.69, 9.17) is 0 Å². The number of alkyl halides is 2. The van der Waals surface area contributed by atoms with Crippen molar-refractivity contribution in [1.82, 2.24) is 10.2 Å². The Hall–Kier alpha value is -2.24. The lowest BCUT2D eigenvalue weighted by Crippen LogP contribution is -2.05. The van der Waals surface area contributed by atoms with Gasteiger partial charge in [0, 0.05) is 17.3 Å². The molecule has 17 heavy (non-hydrogen) atoms. The Balaban J connectivity index is 2.54. The molecule has 0 saturated heterocycles. The number of aromatic nitrogens is 2. The molecular weight excluding hydrogens is 230 g/mol. The van der Waals surface area contributed by atoms with Crippen LogP contribution in [-0.4, -0.2) is 23.1 Å². The van der Waals surface area contributed by atoms with E-state index in [-0.39, 0.29) is 11.3 Å². The van der Waals surface area contributed by atoms with Gasteiger partial charge in [-0.25, -0.2) is 0 Å². The minimum atomic E-state index is -2.98. The summed E-state index contributed by atoms with van der Waals surface area (Å²) < 4.78 is 29.0. The normalized spacial score (nSPS) is 10.5. The van der Waals surface area contributed by atoms with E-state index < -0.39 is 6.61 Å². The quantitative estimate of drug-likeness (QED) is 0.832. The lowest BCUT2D eigenvalue weighted by atomic mass is 10.0. The van der Waals surface area contributed by atoms with E-state index in [2.05, 4.69) is 14.9 Å². The molecule has 4 nitrogen and oxygen atoms in total. The Morgan fingerprint density at radius 2 is 2.24 bits per heavy atom. The summed E-state index contributed by atoms with van der Waals surface area (Å²) in [5.41, 5.74) is 1.04. The lowest BCUT2D eigenvalue weighted by molar-refractivity contribution is -0.0496. The molecule has 1 aromatic carbocycles. The fraction of sp³-hybridized carbons (Fsp3) is 0.0909. The molecule has 88 valence electrons. The summed E-state index contributed by atoms with van der Waals surface area (Å²) in [4.78, 5) is 10.8. The van der Waals surface area contributed by atoms with Crippen LogP contribution in [0, 0.1) is 0 Å². The molecule has 0 bridgehead atoms. The van der Waals surface area contributed by atoms with E-state index >= 15 is 0 Å². The van der Waals surface area contributed by atoms with Gasteiger partial charge in [0.1, 0.15) is 5.75 Å². The molecule has 0 amide bonds. The van der Waals surface area contributed by atoms with E-state index in [0.29, 0.717) is 17.4 Å². The molecule has 0 aliphatic heterocycles. The number of hydrogen-bond donors (Lipinski definition) is 1. The van der Waals surface area contributed by atoms with Crippen LogP contribution in [0.25, 0.3) is 11.1 Å². The Labute approximate surface area is 95.2 Å². The molecule has 0 aliphatic carbocycles. The maximum atomic E-state index is 12.3. The summed E-state index contributed by atoms with van der Waals surface area (Å²) in [6.07, 6.45) is 3.46. The van der Waals surface area contributed by atoms with Gasteiger partial charge in [0.2, 0.25) is 0 Å². The van der Waals surface area contributed by atoms with Crippen LogP contribution in [0.4, 0.5) is 8.78 Å². The summed E-state index contributed by atoms with van der Waals surface area (Å²) in [5, 5.41) is 6.28. The van der Waals surface area contributed by atoms with Gasteiger partial charge in [-0.15, -0.1) is 0 Å². The van der Waals surface area contributed by atoms with Crippen LogP contribution < -0.4 is 4.74 Å². The predicted molar refractivity (Wildman–Crippen MR) is 56.0 cm³/mol. The average molecular weight is 238 g/mol. The first-order valence-electron chi connectivity index (χ1n) is 4.74. The van der Waals surface area contributed by atoms with Crippen molar-refractivity contribution in [2.24, 2.45) is 0 Å². The molecule has 0 fully saturated rings. The number of nitrogens with zero attached hydrogens (tertiary/aromatic N) is 1. The lowest BCUT2D eigenvalue weighted by Gasteiger charge is -2.11. The minimum Gasteiger partial charge on any atom is -0.433 e. The van der Waals surface area contributed by atoms with Crippen LogP contribution in [0.15, 0.2) is 30.6 Å². The van der Waals surface area contributed by atoms with Crippen LogP contribution in [0.5, 0.6) is 5.75 Å². The minimum absolute atomic E-state index is 0.0731. The molecule has 0 radical (unpaired) electrons. The first kappa shape index (κ1) is 11.3. The number of benzene rings is 1. The highest BCUT2D eigenvalue weighted by atomic mass is 19.3. The maximum absolute atomic E-state index is 12.3. The predicted octanol–water partition coefficient (Wildman–Crippen LogP) is 2.49. The van der Waals surface area contributed by atoms with E-state index in [1.165, 1.54) is 18.5 Å². The van der Waals surface area contributed by atoms with E-state index in [1.54, 1.807) is 12.1 Å². The first-order chi connectivity index (χ1) is 8.22. The highest BCUT2D eigenvalue weighted by molar-refractivity contribution is 5.85. The number of aromatic amines is 1. The van der Waals surface area contributed by atoms with Crippen molar-refractivity contribution in [3.05, 3.63) is 36.2 Å². The maximum Gasteiger partial charge on any atom is 0.387 e.